The van der Waals surface area contributed by atoms with Gasteiger partial charge in [-0.1, -0.05) is 23.2 Å². The summed E-state index contributed by atoms with van der Waals surface area (Å²) in [6.07, 6.45) is 0. The Morgan fingerprint density at radius 2 is 1.62 bits per heavy atom. The molecule has 21 heavy (non-hydrogen) atoms. The molecule has 3 N–H and O–H groups in total. The number of anilines is 2. The maximum atomic E-state index is 13.7. The Morgan fingerprint density at radius 3 is 2.14 bits per heavy atom. The Bertz CT molecular complexity index is 790. The van der Waals surface area contributed by atoms with Crippen molar-refractivity contribution in [2.24, 2.45) is 0 Å². The van der Waals surface area contributed by atoms with Crippen LogP contribution in [0.2, 0.25) is 10.0 Å². The van der Waals surface area contributed by atoms with Crippen LogP contribution in [-0.4, -0.2) is 8.42 Å². The third-order valence-corrected chi connectivity index (χ3v) is 4.45. The lowest BCUT2D eigenvalue weighted by Gasteiger charge is -2.10. The predicted molar refractivity (Wildman–Crippen MR) is 78.0 cm³/mol. The fraction of sp³-hybridized carbons (Fsp3) is 0. The van der Waals surface area contributed by atoms with E-state index < -0.39 is 26.6 Å². The molecule has 0 aliphatic carbocycles. The van der Waals surface area contributed by atoms with E-state index in [2.05, 4.69) is 4.72 Å². The molecule has 2 rings (SSSR count). The number of hydrogen-bond donors (Lipinski definition) is 2. The molecule has 0 saturated carbocycles. The van der Waals surface area contributed by atoms with Gasteiger partial charge in [0.05, 0.1) is 15.7 Å². The molecule has 0 bridgehead atoms. The molecule has 0 amide bonds. The van der Waals surface area contributed by atoms with Crippen LogP contribution in [0.15, 0.2) is 35.2 Å². The summed E-state index contributed by atoms with van der Waals surface area (Å²) in [5.74, 6) is -1.89. The second kappa shape index (κ2) is 5.67. The molecule has 112 valence electrons. The Hall–Kier alpha value is -1.57. The van der Waals surface area contributed by atoms with Gasteiger partial charge in [-0.15, -0.1) is 0 Å². The molecule has 0 aliphatic rings. The van der Waals surface area contributed by atoms with Crippen LogP contribution in [0.25, 0.3) is 0 Å². The van der Waals surface area contributed by atoms with E-state index in [1.54, 1.807) is 0 Å². The number of nitrogen functional groups attached to an aromatic ring is 1. The minimum atomic E-state index is -4.23. The first-order chi connectivity index (χ1) is 9.70. The van der Waals surface area contributed by atoms with Gasteiger partial charge in [0, 0.05) is 5.69 Å². The summed E-state index contributed by atoms with van der Waals surface area (Å²) in [6, 6.07) is 5.17. The van der Waals surface area contributed by atoms with Gasteiger partial charge in [0.2, 0.25) is 0 Å². The summed E-state index contributed by atoms with van der Waals surface area (Å²) in [4.78, 5) is -0.603. The summed E-state index contributed by atoms with van der Waals surface area (Å²) in [6.45, 7) is 0. The zero-order valence-corrected chi connectivity index (χ0v) is 12.5. The molecule has 4 nitrogen and oxygen atoms in total. The van der Waals surface area contributed by atoms with E-state index in [9.17, 15) is 17.2 Å². The van der Waals surface area contributed by atoms with Crippen molar-refractivity contribution in [3.05, 3.63) is 52.0 Å². The smallest absolute Gasteiger partial charge is 0.264 e. The molecular formula is C12H8Cl2F2N2O2S. The first kappa shape index (κ1) is 15.8. The van der Waals surface area contributed by atoms with E-state index in [4.69, 9.17) is 28.9 Å². The summed E-state index contributed by atoms with van der Waals surface area (Å²) in [5.41, 5.74) is 5.34. The molecule has 0 aliphatic heterocycles. The lowest BCUT2D eigenvalue weighted by molar-refractivity contribution is 0.570. The van der Waals surface area contributed by atoms with Gasteiger partial charge in [-0.25, -0.2) is 17.2 Å². The monoisotopic (exact) mass is 352 g/mol. The Morgan fingerprint density at radius 1 is 1.05 bits per heavy atom. The van der Waals surface area contributed by atoms with Crippen molar-refractivity contribution in [1.29, 1.82) is 0 Å². The average Bonchev–Trinajstić information content (AvgIpc) is 2.34. The van der Waals surface area contributed by atoms with Gasteiger partial charge >= 0.3 is 0 Å². The van der Waals surface area contributed by atoms with Crippen molar-refractivity contribution in [3.8, 4) is 0 Å². The van der Waals surface area contributed by atoms with Crippen molar-refractivity contribution >= 4 is 44.6 Å². The number of benzene rings is 2. The number of rotatable bonds is 3. The van der Waals surface area contributed by atoms with E-state index in [1.165, 1.54) is 6.07 Å². The summed E-state index contributed by atoms with van der Waals surface area (Å²) in [7, 11) is -4.23. The topological polar surface area (TPSA) is 72.2 Å². The van der Waals surface area contributed by atoms with E-state index in [-0.39, 0.29) is 21.4 Å². The van der Waals surface area contributed by atoms with Gasteiger partial charge in [-0.3, -0.25) is 4.72 Å². The fourth-order valence-corrected chi connectivity index (χ4v) is 3.15. The number of nitrogens with two attached hydrogens (primary N) is 1. The molecule has 0 unspecified atom stereocenters. The van der Waals surface area contributed by atoms with Gasteiger partial charge in [-0.2, -0.15) is 0 Å². The van der Waals surface area contributed by atoms with Crippen molar-refractivity contribution in [2.45, 2.75) is 4.90 Å². The van der Waals surface area contributed by atoms with Crippen LogP contribution >= 0.6 is 23.2 Å². The Balaban J connectivity index is 2.42. The van der Waals surface area contributed by atoms with E-state index >= 15 is 0 Å². The standard InChI is InChI=1S/C12H8Cl2F2N2O2S/c13-8-4-7(5-9(14)12(8)16)18-21(19,20)11-2-1-6(17)3-10(11)15/h1-5,18H,17H2. The van der Waals surface area contributed by atoms with Crippen molar-refractivity contribution in [1.82, 2.24) is 0 Å². The van der Waals surface area contributed by atoms with Crippen LogP contribution in [-0.2, 0) is 10.0 Å². The van der Waals surface area contributed by atoms with Crippen LogP contribution in [0.3, 0.4) is 0 Å². The highest BCUT2D eigenvalue weighted by atomic mass is 35.5. The van der Waals surface area contributed by atoms with Crippen LogP contribution in [0, 0.1) is 11.6 Å². The normalized spacial score (nSPS) is 11.4. The molecule has 0 atom stereocenters. The number of nitrogens with one attached hydrogen (secondary N) is 1. The number of hydrogen-bond acceptors (Lipinski definition) is 3. The minimum absolute atomic E-state index is 0.0827. The van der Waals surface area contributed by atoms with E-state index in [0.717, 1.165) is 24.3 Å². The third-order valence-electron chi connectivity index (χ3n) is 2.48. The second-order valence-corrected chi connectivity index (χ2v) is 6.51. The zero-order chi connectivity index (χ0) is 15.8. The van der Waals surface area contributed by atoms with E-state index in [0.29, 0.717) is 0 Å². The second-order valence-electron chi connectivity index (χ2n) is 4.05. The maximum absolute atomic E-state index is 13.7. The number of sulfonamides is 1. The molecule has 0 radical (unpaired) electrons. The van der Waals surface area contributed by atoms with Gasteiger partial charge in [0.1, 0.15) is 10.7 Å². The maximum Gasteiger partial charge on any atom is 0.264 e. The minimum Gasteiger partial charge on any atom is -0.399 e. The first-order valence-corrected chi connectivity index (χ1v) is 7.67. The molecular weight excluding hydrogens is 345 g/mol. The SMILES string of the molecule is Nc1ccc(S(=O)(=O)Nc2cc(Cl)c(F)c(Cl)c2)c(F)c1. The predicted octanol–water partition coefficient (Wildman–Crippen LogP) is 3.65. The molecule has 0 saturated heterocycles. The highest BCUT2D eigenvalue weighted by Gasteiger charge is 2.20. The lowest BCUT2D eigenvalue weighted by atomic mass is 10.3. The van der Waals surface area contributed by atoms with Gasteiger partial charge in [0.15, 0.2) is 5.82 Å². The summed E-state index contributed by atoms with van der Waals surface area (Å²) < 4.78 is 53.1. The van der Waals surface area contributed by atoms with Crippen LogP contribution in [0.1, 0.15) is 0 Å². The van der Waals surface area contributed by atoms with Crippen molar-refractivity contribution < 1.29 is 17.2 Å². The van der Waals surface area contributed by atoms with E-state index in [1.807, 2.05) is 0 Å². The van der Waals surface area contributed by atoms with Crippen molar-refractivity contribution in [2.75, 3.05) is 10.5 Å². The molecule has 0 aromatic heterocycles. The highest BCUT2D eigenvalue weighted by molar-refractivity contribution is 7.92. The fourth-order valence-electron chi connectivity index (χ4n) is 1.56. The van der Waals surface area contributed by atoms with Gasteiger partial charge in [0.25, 0.3) is 10.0 Å². The Kier molecular flexibility index (Phi) is 4.27. The quantitative estimate of drug-likeness (QED) is 0.654. The molecule has 9 heteroatoms. The molecule has 0 heterocycles. The average molecular weight is 353 g/mol. The summed E-state index contributed by atoms with van der Waals surface area (Å²) >= 11 is 11.1. The van der Waals surface area contributed by atoms with Gasteiger partial charge in [-0.05, 0) is 30.3 Å². The van der Waals surface area contributed by atoms with Crippen LogP contribution < -0.4 is 10.5 Å². The van der Waals surface area contributed by atoms with Gasteiger partial charge < -0.3 is 5.73 Å². The third kappa shape index (κ3) is 3.37. The highest BCUT2D eigenvalue weighted by Crippen LogP contribution is 2.29. The first-order valence-electron chi connectivity index (χ1n) is 5.43. The van der Waals surface area contributed by atoms with Crippen LogP contribution in [0.4, 0.5) is 20.2 Å². The molecule has 2 aromatic carbocycles. The molecule has 2 aromatic rings. The molecule has 0 fully saturated rings. The number of halogens is 4. The Labute approximate surface area is 129 Å². The van der Waals surface area contributed by atoms with Crippen molar-refractivity contribution in [3.63, 3.8) is 0 Å². The lowest BCUT2D eigenvalue weighted by Crippen LogP contribution is -2.15. The van der Waals surface area contributed by atoms with Crippen LogP contribution in [0.5, 0.6) is 0 Å². The molecule has 0 spiro atoms. The summed E-state index contributed by atoms with van der Waals surface area (Å²) in [5, 5.41) is -0.726. The largest absolute Gasteiger partial charge is 0.399 e. The zero-order valence-electron chi connectivity index (χ0n) is 10.2.